The van der Waals surface area contributed by atoms with Crippen LogP contribution in [0.15, 0.2) is 22.7 Å². The Morgan fingerprint density at radius 1 is 1.39 bits per heavy atom. The van der Waals surface area contributed by atoms with Crippen molar-refractivity contribution in [3.05, 3.63) is 39.6 Å². The summed E-state index contributed by atoms with van der Waals surface area (Å²) in [6.07, 6.45) is -2.85. The van der Waals surface area contributed by atoms with Gasteiger partial charge in [-0.1, -0.05) is 17.4 Å². The molecule has 1 aliphatic carbocycles. The molecule has 4 rings (SSSR count). The molecule has 148 valence electrons. The molecule has 0 spiro atoms. The Bertz CT molecular complexity index is 1060. The molecule has 2 heterocycles. The van der Waals surface area contributed by atoms with Crippen molar-refractivity contribution in [1.82, 2.24) is 14.8 Å². The number of nitrogens with zero attached hydrogens (tertiary/aromatic N) is 3. The van der Waals surface area contributed by atoms with E-state index in [0.29, 0.717) is 10.8 Å². The third kappa shape index (κ3) is 3.93. The maximum absolute atomic E-state index is 13.1. The molecule has 0 saturated heterocycles. The molecule has 28 heavy (non-hydrogen) atoms. The van der Waals surface area contributed by atoms with E-state index < -0.39 is 11.9 Å². The van der Waals surface area contributed by atoms with Gasteiger partial charge in [-0.2, -0.15) is 18.3 Å². The largest absolute Gasteiger partial charge is 0.436 e. The number of thiazole rings is 1. The smallest absolute Gasteiger partial charge is 0.302 e. The van der Waals surface area contributed by atoms with Crippen molar-refractivity contribution >= 4 is 48.5 Å². The minimum atomic E-state index is -4.53. The average Bonchev–Trinajstić information content (AvgIpc) is 3.26. The Morgan fingerprint density at radius 3 is 2.82 bits per heavy atom. The summed E-state index contributed by atoms with van der Waals surface area (Å²) < 4.78 is 41.7. The lowest BCUT2D eigenvalue weighted by Gasteiger charge is -2.07. The van der Waals surface area contributed by atoms with E-state index in [9.17, 15) is 18.0 Å². The van der Waals surface area contributed by atoms with E-state index in [1.165, 1.54) is 16.0 Å². The number of hydrogen-bond acceptors (Lipinski definition) is 4. The maximum atomic E-state index is 13.1. The van der Waals surface area contributed by atoms with Crippen LogP contribution < -0.4 is 5.32 Å². The Morgan fingerprint density at radius 2 is 2.14 bits per heavy atom. The lowest BCUT2D eigenvalue weighted by atomic mass is 10.2. The molecule has 1 fully saturated rings. The van der Waals surface area contributed by atoms with Gasteiger partial charge in [-0.3, -0.25) is 9.48 Å². The molecule has 1 aromatic carbocycles. The first-order chi connectivity index (χ1) is 13.2. The van der Waals surface area contributed by atoms with Crippen molar-refractivity contribution < 1.29 is 18.0 Å². The number of hydrogen-bond donors (Lipinski definition) is 1. The minimum absolute atomic E-state index is 0.00977. The fourth-order valence-corrected chi connectivity index (χ4v) is 4.84. The first-order valence-corrected chi connectivity index (χ1v) is 10.3. The maximum Gasteiger partial charge on any atom is 0.436 e. The minimum Gasteiger partial charge on any atom is -0.302 e. The molecule has 0 aliphatic heterocycles. The van der Waals surface area contributed by atoms with Gasteiger partial charge >= 0.3 is 6.18 Å². The van der Waals surface area contributed by atoms with E-state index in [-0.39, 0.29) is 29.3 Å². The van der Waals surface area contributed by atoms with E-state index >= 15 is 0 Å². The van der Waals surface area contributed by atoms with Crippen molar-refractivity contribution in [3.8, 4) is 0 Å². The fraction of sp³-hybridized carbons (Fsp3) is 0.389. The van der Waals surface area contributed by atoms with Gasteiger partial charge in [-0.25, -0.2) is 4.98 Å². The van der Waals surface area contributed by atoms with Crippen LogP contribution in [0.2, 0.25) is 0 Å². The first kappa shape index (κ1) is 19.4. The molecule has 5 nitrogen and oxygen atoms in total. The van der Waals surface area contributed by atoms with Gasteiger partial charge in [0.05, 0.1) is 26.9 Å². The molecule has 0 bridgehead atoms. The van der Waals surface area contributed by atoms with Gasteiger partial charge in [0.2, 0.25) is 5.91 Å². The van der Waals surface area contributed by atoms with Gasteiger partial charge in [0.15, 0.2) is 10.8 Å². The summed E-state index contributed by atoms with van der Waals surface area (Å²) in [6, 6.07) is 5.82. The topological polar surface area (TPSA) is 59.8 Å². The zero-order chi connectivity index (χ0) is 20.1. The quantitative estimate of drug-likeness (QED) is 0.533. The zero-order valence-corrected chi connectivity index (χ0v) is 17.2. The molecule has 1 N–H and O–H groups in total. The fourth-order valence-electron chi connectivity index (χ4n) is 3.03. The number of fused-ring (bicyclic) bond motifs is 1. The monoisotopic (exact) mass is 472 g/mol. The number of halogens is 4. The molecule has 1 aliphatic rings. The van der Waals surface area contributed by atoms with Crippen molar-refractivity contribution in [1.29, 1.82) is 0 Å². The molecule has 3 aromatic rings. The second kappa shape index (κ2) is 7.14. The van der Waals surface area contributed by atoms with E-state index in [2.05, 4.69) is 31.3 Å². The van der Waals surface area contributed by atoms with Gasteiger partial charge in [0.25, 0.3) is 0 Å². The second-order valence-corrected chi connectivity index (χ2v) is 8.66. The van der Waals surface area contributed by atoms with E-state index in [4.69, 9.17) is 0 Å². The van der Waals surface area contributed by atoms with E-state index in [1.54, 1.807) is 0 Å². The van der Waals surface area contributed by atoms with Crippen LogP contribution in [0.1, 0.15) is 42.1 Å². The standard InChI is InChI=1S/C18H16BrF3N4OS/c1-9-2-5-11-12(8-9)28-17(23-11)24-13(27)6-7-26-15(10-3-4-10)14(19)16(25-26)18(20,21)22/h2,5,8,10H,3-4,6-7H2,1H3,(H,23,24,27). The summed E-state index contributed by atoms with van der Waals surface area (Å²) >= 11 is 4.42. The highest BCUT2D eigenvalue weighted by Gasteiger charge is 2.41. The lowest BCUT2D eigenvalue weighted by Crippen LogP contribution is -2.16. The Hall–Kier alpha value is -1.94. The number of alkyl halides is 3. The van der Waals surface area contributed by atoms with Crippen LogP contribution in [-0.4, -0.2) is 20.7 Å². The summed E-state index contributed by atoms with van der Waals surface area (Å²) in [4.78, 5) is 16.7. The number of benzene rings is 1. The molecule has 1 amide bonds. The van der Waals surface area contributed by atoms with Crippen LogP contribution in [0.4, 0.5) is 18.3 Å². The Kier molecular flexibility index (Phi) is 4.95. The van der Waals surface area contributed by atoms with Crippen LogP contribution in [0, 0.1) is 6.92 Å². The number of carbonyl (C=O) groups is 1. The predicted octanol–water partition coefficient (Wildman–Crippen LogP) is 5.49. The van der Waals surface area contributed by atoms with Gasteiger partial charge in [0, 0.05) is 12.3 Å². The number of aryl methyl sites for hydroxylation is 2. The van der Waals surface area contributed by atoms with Crippen molar-refractivity contribution in [2.24, 2.45) is 0 Å². The normalized spacial score (nSPS) is 14.6. The molecule has 0 atom stereocenters. The van der Waals surface area contributed by atoms with Crippen LogP contribution in [0.25, 0.3) is 10.2 Å². The number of rotatable bonds is 5. The molecule has 0 radical (unpaired) electrons. The summed E-state index contributed by atoms with van der Waals surface area (Å²) in [6.45, 7) is 2.06. The number of nitrogens with one attached hydrogen (secondary N) is 1. The third-order valence-corrected chi connectivity index (χ3v) is 6.22. The Balaban J connectivity index is 1.47. The third-order valence-electron chi connectivity index (χ3n) is 4.51. The highest BCUT2D eigenvalue weighted by atomic mass is 79.9. The van der Waals surface area contributed by atoms with E-state index in [1.807, 2.05) is 25.1 Å². The number of amides is 1. The summed E-state index contributed by atoms with van der Waals surface area (Å²) in [5, 5.41) is 6.93. The summed E-state index contributed by atoms with van der Waals surface area (Å²) in [7, 11) is 0. The Labute approximate surface area is 171 Å². The SMILES string of the molecule is Cc1ccc2nc(NC(=O)CCn3nc(C(F)(F)F)c(Br)c3C3CC3)sc2c1. The van der Waals surface area contributed by atoms with Crippen LogP contribution in [0.5, 0.6) is 0 Å². The number of carbonyl (C=O) groups excluding carboxylic acids is 1. The van der Waals surface area contributed by atoms with Crippen LogP contribution in [0.3, 0.4) is 0 Å². The van der Waals surface area contributed by atoms with Crippen LogP contribution >= 0.6 is 27.3 Å². The van der Waals surface area contributed by atoms with Crippen molar-refractivity contribution in [2.75, 3.05) is 5.32 Å². The lowest BCUT2D eigenvalue weighted by molar-refractivity contribution is -0.142. The van der Waals surface area contributed by atoms with Crippen LogP contribution in [-0.2, 0) is 17.5 Å². The molecule has 0 unspecified atom stereocenters. The molecule has 1 saturated carbocycles. The van der Waals surface area contributed by atoms with Crippen molar-refractivity contribution in [3.63, 3.8) is 0 Å². The first-order valence-electron chi connectivity index (χ1n) is 8.73. The zero-order valence-electron chi connectivity index (χ0n) is 14.8. The summed E-state index contributed by atoms with van der Waals surface area (Å²) in [5.41, 5.74) is 1.49. The average molecular weight is 473 g/mol. The van der Waals surface area contributed by atoms with Crippen molar-refractivity contribution in [2.45, 2.75) is 44.8 Å². The molecule has 2 aromatic heterocycles. The number of anilines is 1. The van der Waals surface area contributed by atoms with E-state index in [0.717, 1.165) is 28.6 Å². The van der Waals surface area contributed by atoms with Gasteiger partial charge in [0.1, 0.15) is 0 Å². The highest BCUT2D eigenvalue weighted by Crippen LogP contribution is 2.47. The second-order valence-electron chi connectivity index (χ2n) is 6.83. The van der Waals surface area contributed by atoms with Gasteiger partial charge in [-0.05, 0) is 53.4 Å². The number of aromatic nitrogens is 3. The predicted molar refractivity (Wildman–Crippen MR) is 105 cm³/mol. The molecule has 10 heteroatoms. The van der Waals surface area contributed by atoms with Gasteiger partial charge < -0.3 is 5.32 Å². The molecular formula is C18H16BrF3N4OS. The summed E-state index contributed by atoms with van der Waals surface area (Å²) in [5.74, 6) is -0.244. The highest BCUT2D eigenvalue weighted by molar-refractivity contribution is 9.10. The van der Waals surface area contributed by atoms with Gasteiger partial charge in [-0.15, -0.1) is 0 Å². The molecular weight excluding hydrogens is 457 g/mol.